The fraction of sp³-hybridized carbons (Fsp3) is 0.400. The zero-order valence-electron chi connectivity index (χ0n) is 8.20. The molecule has 1 aromatic carbocycles. The van der Waals surface area contributed by atoms with E-state index in [2.05, 4.69) is 0 Å². The maximum Gasteiger partial charge on any atom is 0.221 e. The van der Waals surface area contributed by atoms with Crippen LogP contribution in [0.15, 0.2) is 30.3 Å². The number of benzene rings is 1. The molecule has 0 aliphatic rings. The molecule has 0 amide bonds. The molecule has 0 saturated carbocycles. The summed E-state index contributed by atoms with van der Waals surface area (Å²) in [5.41, 5.74) is -0.341. The van der Waals surface area contributed by atoms with E-state index in [4.69, 9.17) is 4.52 Å². The Morgan fingerprint density at radius 3 is 2.15 bits per heavy atom. The molecule has 2 nitrogen and oxygen atoms in total. The molecular weight excluding hydrogens is 183 g/mol. The van der Waals surface area contributed by atoms with Crippen molar-refractivity contribution in [2.45, 2.75) is 26.4 Å². The van der Waals surface area contributed by atoms with Crippen LogP contribution in [0.5, 0.6) is 0 Å². The first-order valence-electron chi connectivity index (χ1n) is 4.27. The molecule has 1 unspecified atom stereocenters. The highest BCUT2D eigenvalue weighted by molar-refractivity contribution is 7.48. The minimum absolute atomic E-state index is 0.341. The number of rotatable bonds is 2. The molecule has 3 heteroatoms. The van der Waals surface area contributed by atoms with Crippen molar-refractivity contribution in [1.29, 1.82) is 0 Å². The van der Waals surface area contributed by atoms with Crippen molar-refractivity contribution in [3.05, 3.63) is 30.3 Å². The lowest BCUT2D eigenvalue weighted by molar-refractivity contribution is 0.146. The van der Waals surface area contributed by atoms with E-state index in [0.717, 1.165) is 5.30 Å². The van der Waals surface area contributed by atoms with Crippen molar-refractivity contribution in [1.82, 2.24) is 0 Å². The fourth-order valence-electron chi connectivity index (χ4n) is 0.911. The van der Waals surface area contributed by atoms with E-state index in [1.54, 1.807) is 0 Å². The minimum atomic E-state index is -2.07. The molecule has 1 rings (SSSR count). The second kappa shape index (κ2) is 4.08. The van der Waals surface area contributed by atoms with Crippen molar-refractivity contribution in [2.24, 2.45) is 0 Å². The van der Waals surface area contributed by atoms with Crippen LogP contribution in [0.25, 0.3) is 0 Å². The van der Waals surface area contributed by atoms with Gasteiger partial charge in [-0.3, -0.25) is 4.57 Å². The standard InChI is InChI=1S/C10H15O2P/c1-10(2,3)12-13(11)9-7-5-4-6-8-9/h4-8,13H,1-3H3. The first-order valence-corrected chi connectivity index (χ1v) is 5.59. The zero-order valence-corrected chi connectivity index (χ0v) is 9.20. The van der Waals surface area contributed by atoms with Crippen LogP contribution in [0.3, 0.4) is 0 Å². The van der Waals surface area contributed by atoms with Gasteiger partial charge in [-0.15, -0.1) is 0 Å². The van der Waals surface area contributed by atoms with Gasteiger partial charge in [0, 0.05) is 5.30 Å². The molecule has 0 aromatic heterocycles. The fourth-order valence-corrected chi connectivity index (χ4v) is 2.05. The summed E-state index contributed by atoms with van der Waals surface area (Å²) in [5.74, 6) is 0. The number of hydrogen-bond donors (Lipinski definition) is 0. The summed E-state index contributed by atoms with van der Waals surface area (Å²) in [6.07, 6.45) is 0. The van der Waals surface area contributed by atoms with Crippen LogP contribution >= 0.6 is 8.03 Å². The van der Waals surface area contributed by atoms with E-state index in [1.807, 2.05) is 51.1 Å². The summed E-state index contributed by atoms with van der Waals surface area (Å²) < 4.78 is 17.0. The summed E-state index contributed by atoms with van der Waals surface area (Å²) in [6, 6.07) is 9.28. The second-order valence-electron chi connectivity index (χ2n) is 3.87. The Bertz CT molecular complexity index is 288. The Balaban J connectivity index is 2.71. The van der Waals surface area contributed by atoms with Crippen molar-refractivity contribution in [3.8, 4) is 0 Å². The second-order valence-corrected chi connectivity index (χ2v) is 5.22. The van der Waals surface area contributed by atoms with Gasteiger partial charge in [-0.1, -0.05) is 18.2 Å². The smallest absolute Gasteiger partial charge is 0.221 e. The molecule has 0 spiro atoms. The maximum absolute atomic E-state index is 11.6. The third-order valence-electron chi connectivity index (χ3n) is 1.41. The molecule has 1 atom stereocenters. The van der Waals surface area contributed by atoms with Crippen LogP contribution in [0.4, 0.5) is 0 Å². The quantitative estimate of drug-likeness (QED) is 0.683. The topological polar surface area (TPSA) is 26.3 Å². The highest BCUT2D eigenvalue weighted by Crippen LogP contribution is 2.28. The van der Waals surface area contributed by atoms with E-state index in [1.165, 1.54) is 0 Å². The average molecular weight is 198 g/mol. The lowest BCUT2D eigenvalue weighted by Gasteiger charge is -2.18. The molecular formula is C10H15O2P. The molecule has 0 N–H and O–H groups in total. The normalized spacial score (nSPS) is 14.1. The van der Waals surface area contributed by atoms with E-state index < -0.39 is 8.03 Å². The van der Waals surface area contributed by atoms with E-state index in [9.17, 15) is 4.57 Å². The van der Waals surface area contributed by atoms with Crippen LogP contribution in [0.1, 0.15) is 20.8 Å². The van der Waals surface area contributed by atoms with Crippen LogP contribution in [0.2, 0.25) is 0 Å². The van der Waals surface area contributed by atoms with Crippen LogP contribution < -0.4 is 5.30 Å². The molecule has 1 aromatic rings. The largest absolute Gasteiger partial charge is 0.321 e. The van der Waals surface area contributed by atoms with Gasteiger partial charge in [0.1, 0.15) is 0 Å². The Kier molecular flexibility index (Phi) is 3.29. The van der Waals surface area contributed by atoms with Gasteiger partial charge in [-0.2, -0.15) is 0 Å². The van der Waals surface area contributed by atoms with Crippen LogP contribution in [-0.2, 0) is 9.09 Å². The average Bonchev–Trinajstić information content (AvgIpc) is 2.03. The van der Waals surface area contributed by atoms with Gasteiger partial charge in [0.15, 0.2) is 0 Å². The monoisotopic (exact) mass is 198 g/mol. The van der Waals surface area contributed by atoms with Crippen LogP contribution in [-0.4, -0.2) is 5.60 Å². The Hall–Kier alpha value is -0.590. The summed E-state index contributed by atoms with van der Waals surface area (Å²) in [5, 5.41) is 0.780. The molecule has 13 heavy (non-hydrogen) atoms. The lowest BCUT2D eigenvalue weighted by atomic mass is 10.2. The van der Waals surface area contributed by atoms with E-state index >= 15 is 0 Å². The molecule has 0 heterocycles. The molecule has 0 radical (unpaired) electrons. The summed E-state index contributed by atoms with van der Waals surface area (Å²) >= 11 is 0. The predicted octanol–water partition coefficient (Wildman–Crippen LogP) is 2.60. The van der Waals surface area contributed by atoms with Crippen molar-refractivity contribution in [2.75, 3.05) is 0 Å². The van der Waals surface area contributed by atoms with Gasteiger partial charge >= 0.3 is 0 Å². The summed E-state index contributed by atoms with van der Waals surface area (Å²) in [4.78, 5) is 0. The third kappa shape index (κ3) is 3.75. The van der Waals surface area contributed by atoms with Gasteiger partial charge in [-0.25, -0.2) is 0 Å². The van der Waals surface area contributed by atoms with Gasteiger partial charge in [0.2, 0.25) is 8.03 Å². The van der Waals surface area contributed by atoms with Gasteiger partial charge in [0.25, 0.3) is 0 Å². The molecule has 0 fully saturated rings. The lowest BCUT2D eigenvalue weighted by Crippen LogP contribution is -2.16. The van der Waals surface area contributed by atoms with Gasteiger partial charge in [-0.05, 0) is 32.9 Å². The highest BCUT2D eigenvalue weighted by Gasteiger charge is 2.15. The van der Waals surface area contributed by atoms with Crippen molar-refractivity contribution < 1.29 is 9.09 Å². The van der Waals surface area contributed by atoms with E-state index in [0.29, 0.717) is 0 Å². The Morgan fingerprint density at radius 2 is 1.69 bits per heavy atom. The number of hydrogen-bond acceptors (Lipinski definition) is 2. The van der Waals surface area contributed by atoms with Gasteiger partial charge < -0.3 is 4.52 Å². The van der Waals surface area contributed by atoms with Crippen molar-refractivity contribution >= 4 is 13.3 Å². The van der Waals surface area contributed by atoms with Crippen LogP contribution in [0, 0.1) is 0 Å². The van der Waals surface area contributed by atoms with Crippen molar-refractivity contribution in [3.63, 3.8) is 0 Å². The Morgan fingerprint density at radius 1 is 1.15 bits per heavy atom. The Labute approximate surface area is 79.8 Å². The molecule has 0 aliphatic carbocycles. The predicted molar refractivity (Wildman–Crippen MR) is 55.9 cm³/mol. The third-order valence-corrected chi connectivity index (χ3v) is 3.01. The zero-order chi connectivity index (χ0) is 9.90. The van der Waals surface area contributed by atoms with E-state index in [-0.39, 0.29) is 5.60 Å². The first-order chi connectivity index (χ1) is 5.99. The minimum Gasteiger partial charge on any atom is -0.321 e. The summed E-state index contributed by atoms with van der Waals surface area (Å²) in [7, 11) is -2.07. The highest BCUT2D eigenvalue weighted by atomic mass is 31.1. The maximum atomic E-state index is 11.6. The first kappa shape index (κ1) is 10.5. The van der Waals surface area contributed by atoms with Gasteiger partial charge in [0.05, 0.1) is 5.60 Å². The molecule has 0 bridgehead atoms. The molecule has 0 aliphatic heterocycles. The SMILES string of the molecule is CC(C)(C)O[PH](=O)c1ccccc1. The molecule has 72 valence electrons. The summed E-state index contributed by atoms with van der Waals surface area (Å²) in [6.45, 7) is 5.70. The molecule has 0 saturated heterocycles.